The molecule has 1 N–H and O–H groups in total. The smallest absolute Gasteiger partial charge is 0.0223 e. The van der Waals surface area contributed by atoms with Gasteiger partial charge in [0.1, 0.15) is 0 Å². The Labute approximate surface area is 100 Å². The van der Waals surface area contributed by atoms with Crippen LogP contribution in [0.4, 0.5) is 0 Å². The molecule has 0 aliphatic carbocycles. The van der Waals surface area contributed by atoms with E-state index in [1.807, 2.05) is 0 Å². The van der Waals surface area contributed by atoms with Gasteiger partial charge in [-0.3, -0.25) is 4.90 Å². The minimum Gasteiger partial charge on any atom is -0.316 e. The summed E-state index contributed by atoms with van der Waals surface area (Å²) >= 11 is 0. The highest BCUT2D eigenvalue weighted by molar-refractivity contribution is 4.87. The number of hydrogen-bond acceptors (Lipinski definition) is 3. The van der Waals surface area contributed by atoms with Crippen molar-refractivity contribution in [1.29, 1.82) is 0 Å². The maximum atomic E-state index is 3.49. The lowest BCUT2D eigenvalue weighted by atomic mass is 9.91. The van der Waals surface area contributed by atoms with Crippen LogP contribution in [0.15, 0.2) is 0 Å². The molecule has 2 heterocycles. The second-order valence-corrected chi connectivity index (χ2v) is 5.76. The number of likely N-dealkylation sites (tertiary alicyclic amines) is 1. The number of nitrogens with one attached hydrogen (secondary N) is 1. The molecule has 0 saturated carbocycles. The van der Waals surface area contributed by atoms with Crippen molar-refractivity contribution in [2.75, 3.05) is 40.3 Å². The first-order valence-electron chi connectivity index (χ1n) is 6.79. The lowest BCUT2D eigenvalue weighted by Crippen LogP contribution is -2.54. The Bertz CT molecular complexity index is 219. The van der Waals surface area contributed by atoms with Crippen molar-refractivity contribution in [3.63, 3.8) is 0 Å². The Morgan fingerprint density at radius 3 is 2.81 bits per heavy atom. The molecular weight excluding hydrogens is 198 g/mol. The van der Waals surface area contributed by atoms with Crippen LogP contribution in [0.1, 0.15) is 26.2 Å². The van der Waals surface area contributed by atoms with E-state index in [9.17, 15) is 0 Å². The standard InChI is InChI=1S/C13H27N3/c1-11-9-14-7-6-13(11)16(3)12-5-4-8-15(2)10-12/h11-14H,4-10H2,1-3H3. The van der Waals surface area contributed by atoms with Crippen LogP contribution in [-0.2, 0) is 0 Å². The molecule has 2 aliphatic rings. The lowest BCUT2D eigenvalue weighted by molar-refractivity contribution is 0.0614. The third kappa shape index (κ3) is 2.76. The molecule has 0 aromatic rings. The van der Waals surface area contributed by atoms with Crippen LogP contribution in [0.3, 0.4) is 0 Å². The Balaban J connectivity index is 1.91. The van der Waals surface area contributed by atoms with E-state index < -0.39 is 0 Å². The summed E-state index contributed by atoms with van der Waals surface area (Å²) in [4.78, 5) is 5.15. The van der Waals surface area contributed by atoms with Gasteiger partial charge in [-0.1, -0.05) is 6.92 Å². The Morgan fingerprint density at radius 2 is 2.12 bits per heavy atom. The van der Waals surface area contributed by atoms with Gasteiger partial charge < -0.3 is 10.2 Å². The highest BCUT2D eigenvalue weighted by Crippen LogP contribution is 2.22. The van der Waals surface area contributed by atoms with Crippen molar-refractivity contribution in [2.24, 2.45) is 5.92 Å². The van der Waals surface area contributed by atoms with Gasteiger partial charge >= 0.3 is 0 Å². The second-order valence-electron chi connectivity index (χ2n) is 5.76. The van der Waals surface area contributed by atoms with E-state index >= 15 is 0 Å². The zero-order valence-corrected chi connectivity index (χ0v) is 11.1. The molecule has 2 rings (SSSR count). The third-order valence-electron chi connectivity index (χ3n) is 4.44. The van der Waals surface area contributed by atoms with E-state index in [1.165, 1.54) is 45.4 Å². The summed E-state index contributed by atoms with van der Waals surface area (Å²) in [6.07, 6.45) is 4.07. The average molecular weight is 225 g/mol. The van der Waals surface area contributed by atoms with E-state index in [4.69, 9.17) is 0 Å². The molecule has 0 aromatic carbocycles. The van der Waals surface area contributed by atoms with Gasteiger partial charge in [0, 0.05) is 18.6 Å². The molecule has 0 aromatic heterocycles. The highest BCUT2D eigenvalue weighted by atomic mass is 15.2. The van der Waals surface area contributed by atoms with Gasteiger partial charge in [-0.05, 0) is 58.9 Å². The normalized spacial score (nSPS) is 37.9. The molecule has 2 aliphatic heterocycles. The first-order chi connectivity index (χ1) is 7.68. The molecule has 94 valence electrons. The zero-order chi connectivity index (χ0) is 11.5. The second kappa shape index (κ2) is 5.48. The fraction of sp³-hybridized carbons (Fsp3) is 1.00. The molecule has 0 bridgehead atoms. The van der Waals surface area contributed by atoms with Crippen molar-refractivity contribution >= 4 is 0 Å². The molecule has 0 radical (unpaired) electrons. The maximum absolute atomic E-state index is 3.49. The Hall–Kier alpha value is -0.120. The van der Waals surface area contributed by atoms with Gasteiger partial charge in [-0.2, -0.15) is 0 Å². The number of rotatable bonds is 2. The Kier molecular flexibility index (Phi) is 4.22. The fourth-order valence-corrected chi connectivity index (χ4v) is 3.35. The molecule has 2 saturated heterocycles. The van der Waals surface area contributed by atoms with Crippen LogP contribution >= 0.6 is 0 Å². The monoisotopic (exact) mass is 225 g/mol. The SMILES string of the molecule is CC1CNCCC1N(C)C1CCCN(C)C1. The first-order valence-corrected chi connectivity index (χ1v) is 6.79. The van der Waals surface area contributed by atoms with Crippen molar-refractivity contribution in [3.8, 4) is 0 Å². The van der Waals surface area contributed by atoms with Crippen molar-refractivity contribution in [3.05, 3.63) is 0 Å². The minimum absolute atomic E-state index is 0.782. The topological polar surface area (TPSA) is 18.5 Å². The summed E-state index contributed by atoms with van der Waals surface area (Å²) in [5.41, 5.74) is 0. The summed E-state index contributed by atoms with van der Waals surface area (Å²) < 4.78 is 0. The molecule has 16 heavy (non-hydrogen) atoms. The summed E-state index contributed by atoms with van der Waals surface area (Å²) in [6, 6.07) is 1.57. The first kappa shape index (κ1) is 12.3. The average Bonchev–Trinajstić information content (AvgIpc) is 2.29. The van der Waals surface area contributed by atoms with Gasteiger partial charge in [0.2, 0.25) is 0 Å². The van der Waals surface area contributed by atoms with Crippen molar-refractivity contribution in [1.82, 2.24) is 15.1 Å². The molecule has 3 heteroatoms. The molecule has 3 unspecified atom stereocenters. The van der Waals surface area contributed by atoms with Crippen LogP contribution in [-0.4, -0.2) is 62.2 Å². The van der Waals surface area contributed by atoms with E-state index in [0.717, 1.165) is 18.0 Å². The maximum Gasteiger partial charge on any atom is 0.0223 e. The molecular formula is C13H27N3. The molecule has 3 atom stereocenters. The van der Waals surface area contributed by atoms with Crippen LogP contribution in [0, 0.1) is 5.92 Å². The summed E-state index contributed by atoms with van der Waals surface area (Å²) in [5, 5.41) is 3.49. The predicted octanol–water partition coefficient (Wildman–Crippen LogP) is 1.01. The lowest BCUT2D eigenvalue weighted by Gasteiger charge is -2.44. The third-order valence-corrected chi connectivity index (χ3v) is 4.44. The highest BCUT2D eigenvalue weighted by Gasteiger charge is 2.30. The fourth-order valence-electron chi connectivity index (χ4n) is 3.35. The van der Waals surface area contributed by atoms with E-state index in [0.29, 0.717) is 0 Å². The van der Waals surface area contributed by atoms with Gasteiger partial charge in [0.15, 0.2) is 0 Å². The molecule has 2 fully saturated rings. The molecule has 0 amide bonds. The number of piperidine rings is 2. The summed E-state index contributed by atoms with van der Waals surface area (Å²) in [6.45, 7) is 7.32. The van der Waals surface area contributed by atoms with Gasteiger partial charge in [-0.25, -0.2) is 0 Å². The van der Waals surface area contributed by atoms with Crippen molar-refractivity contribution in [2.45, 2.75) is 38.3 Å². The quantitative estimate of drug-likeness (QED) is 0.757. The van der Waals surface area contributed by atoms with Crippen LogP contribution in [0.2, 0.25) is 0 Å². The summed E-state index contributed by atoms with van der Waals surface area (Å²) in [5.74, 6) is 0.797. The summed E-state index contributed by atoms with van der Waals surface area (Å²) in [7, 11) is 4.60. The van der Waals surface area contributed by atoms with Gasteiger partial charge in [0.25, 0.3) is 0 Å². The largest absolute Gasteiger partial charge is 0.316 e. The molecule has 0 spiro atoms. The van der Waals surface area contributed by atoms with Gasteiger partial charge in [-0.15, -0.1) is 0 Å². The van der Waals surface area contributed by atoms with E-state index in [-0.39, 0.29) is 0 Å². The number of nitrogens with zero attached hydrogens (tertiary/aromatic N) is 2. The Morgan fingerprint density at radius 1 is 1.31 bits per heavy atom. The van der Waals surface area contributed by atoms with Gasteiger partial charge in [0.05, 0.1) is 0 Å². The minimum atomic E-state index is 0.782. The number of hydrogen-bond donors (Lipinski definition) is 1. The van der Waals surface area contributed by atoms with Crippen LogP contribution in [0.25, 0.3) is 0 Å². The van der Waals surface area contributed by atoms with Crippen molar-refractivity contribution < 1.29 is 0 Å². The van der Waals surface area contributed by atoms with Crippen LogP contribution < -0.4 is 5.32 Å². The van der Waals surface area contributed by atoms with E-state index in [1.54, 1.807) is 0 Å². The van der Waals surface area contributed by atoms with E-state index in [2.05, 4.69) is 36.1 Å². The zero-order valence-electron chi connectivity index (χ0n) is 11.1. The molecule has 3 nitrogen and oxygen atoms in total. The number of likely N-dealkylation sites (N-methyl/N-ethyl adjacent to an activating group) is 2. The van der Waals surface area contributed by atoms with Crippen LogP contribution in [0.5, 0.6) is 0 Å². The predicted molar refractivity (Wildman–Crippen MR) is 68.7 cm³/mol.